The van der Waals surface area contributed by atoms with Crippen LogP contribution in [0.2, 0.25) is 0 Å². The van der Waals surface area contributed by atoms with Gasteiger partial charge < -0.3 is 10.2 Å². The van der Waals surface area contributed by atoms with Gasteiger partial charge in [-0.1, -0.05) is 0 Å². The van der Waals surface area contributed by atoms with Crippen molar-refractivity contribution in [3.8, 4) is 0 Å². The average molecular weight is 251 g/mol. The molecule has 0 radical (unpaired) electrons. The molecule has 0 aliphatic carbocycles. The Balaban J connectivity index is 0.00000112. The number of nitrogens with zero attached hydrogens (tertiary/aromatic N) is 1. The first-order chi connectivity index (χ1) is 6.86. The Labute approximate surface area is 104 Å². The molecule has 2 saturated heterocycles. The van der Waals surface area contributed by atoms with Crippen LogP contribution in [0.3, 0.4) is 0 Å². The van der Waals surface area contributed by atoms with E-state index in [1.807, 2.05) is 0 Å². The summed E-state index contributed by atoms with van der Waals surface area (Å²) in [5, 5.41) is 3.58. The van der Waals surface area contributed by atoms with Crippen LogP contribution in [0, 0.1) is 0 Å². The number of hydrogen-bond acceptors (Lipinski definition) is 3. The first kappa shape index (κ1) is 13.6. The van der Waals surface area contributed by atoms with E-state index in [1.54, 1.807) is 0 Å². The quantitative estimate of drug-likeness (QED) is 0.825. The molecule has 0 aromatic rings. The molecule has 2 atom stereocenters. The van der Waals surface area contributed by atoms with E-state index < -0.39 is 0 Å². The zero-order valence-electron chi connectivity index (χ0n) is 9.58. The lowest BCUT2D eigenvalue weighted by Gasteiger charge is -2.32. The molecule has 2 fully saturated rings. The highest BCUT2D eigenvalue weighted by Crippen LogP contribution is 2.21. The molecule has 0 aromatic heterocycles. The summed E-state index contributed by atoms with van der Waals surface area (Å²) in [5.74, 6) is 2.73. The molecule has 2 nitrogen and oxygen atoms in total. The van der Waals surface area contributed by atoms with Gasteiger partial charge in [0.25, 0.3) is 0 Å². The summed E-state index contributed by atoms with van der Waals surface area (Å²) in [4.78, 5) is 2.58. The maximum absolute atomic E-state index is 3.58. The minimum absolute atomic E-state index is 0. The summed E-state index contributed by atoms with van der Waals surface area (Å²) < 4.78 is 0. The van der Waals surface area contributed by atoms with Crippen LogP contribution >= 0.6 is 24.2 Å². The maximum Gasteiger partial charge on any atom is 0.0195 e. The highest BCUT2D eigenvalue weighted by atomic mass is 35.5. The Bertz CT molecular complexity index is 168. The van der Waals surface area contributed by atoms with E-state index in [0.717, 1.165) is 12.1 Å². The van der Waals surface area contributed by atoms with Gasteiger partial charge in [-0.3, -0.25) is 0 Å². The third kappa shape index (κ3) is 4.14. The second kappa shape index (κ2) is 7.00. The lowest BCUT2D eigenvalue weighted by atomic mass is 10.1. The summed E-state index contributed by atoms with van der Waals surface area (Å²) in [6.45, 7) is 2.49. The number of likely N-dealkylation sites (N-methyl/N-ethyl adjacent to an activating group) is 1. The zero-order chi connectivity index (χ0) is 9.80. The summed E-state index contributed by atoms with van der Waals surface area (Å²) in [5.41, 5.74) is 0. The van der Waals surface area contributed by atoms with Gasteiger partial charge in [-0.2, -0.15) is 11.8 Å². The van der Waals surface area contributed by atoms with E-state index >= 15 is 0 Å². The van der Waals surface area contributed by atoms with Gasteiger partial charge in [0.05, 0.1) is 0 Å². The largest absolute Gasteiger partial charge is 0.313 e. The van der Waals surface area contributed by atoms with Crippen molar-refractivity contribution in [2.45, 2.75) is 37.8 Å². The minimum atomic E-state index is 0. The van der Waals surface area contributed by atoms with Crippen LogP contribution in [0.1, 0.15) is 25.7 Å². The van der Waals surface area contributed by atoms with Gasteiger partial charge in [0.2, 0.25) is 0 Å². The molecule has 2 heterocycles. The molecule has 0 bridgehead atoms. The van der Waals surface area contributed by atoms with Crippen molar-refractivity contribution in [2.24, 2.45) is 0 Å². The minimum Gasteiger partial charge on any atom is -0.313 e. The second-order valence-corrected chi connectivity index (χ2v) is 5.75. The molecular weight excluding hydrogens is 228 g/mol. The van der Waals surface area contributed by atoms with Crippen LogP contribution in [0.25, 0.3) is 0 Å². The predicted octanol–water partition coefficient (Wildman–Crippen LogP) is 1.99. The second-order valence-electron chi connectivity index (χ2n) is 4.60. The molecule has 0 aromatic carbocycles. The van der Waals surface area contributed by atoms with Gasteiger partial charge >= 0.3 is 0 Å². The molecular formula is C11H23ClN2S. The standard InChI is InChI=1S/C11H22N2S.ClH/c1-13(8-10-4-2-6-12-10)11-5-3-7-14-9-11;/h10-12H,2-9H2,1H3;1H/t10-,11?;/m0./s1. The van der Waals surface area contributed by atoms with Gasteiger partial charge in [-0.15, -0.1) is 12.4 Å². The smallest absolute Gasteiger partial charge is 0.0195 e. The molecule has 0 spiro atoms. The maximum atomic E-state index is 3.58. The zero-order valence-corrected chi connectivity index (χ0v) is 11.2. The average Bonchev–Trinajstić information content (AvgIpc) is 2.72. The van der Waals surface area contributed by atoms with Crippen molar-refractivity contribution >= 4 is 24.2 Å². The number of nitrogens with one attached hydrogen (secondary N) is 1. The number of rotatable bonds is 3. The van der Waals surface area contributed by atoms with Gasteiger partial charge in [-0.25, -0.2) is 0 Å². The molecule has 0 saturated carbocycles. The first-order valence-corrected chi connectivity index (χ1v) is 7.03. The van der Waals surface area contributed by atoms with Crippen molar-refractivity contribution in [3.63, 3.8) is 0 Å². The third-order valence-corrected chi connectivity index (χ3v) is 4.63. The summed E-state index contributed by atoms with van der Waals surface area (Å²) in [7, 11) is 2.30. The fraction of sp³-hybridized carbons (Fsp3) is 1.00. The van der Waals surface area contributed by atoms with Crippen LogP contribution < -0.4 is 5.32 Å². The van der Waals surface area contributed by atoms with Crippen LogP contribution in [-0.2, 0) is 0 Å². The lowest BCUT2D eigenvalue weighted by molar-refractivity contribution is 0.226. The van der Waals surface area contributed by atoms with Crippen molar-refractivity contribution < 1.29 is 0 Å². The Morgan fingerprint density at radius 3 is 2.80 bits per heavy atom. The van der Waals surface area contributed by atoms with E-state index in [2.05, 4.69) is 29.0 Å². The van der Waals surface area contributed by atoms with Crippen LogP contribution in [0.4, 0.5) is 0 Å². The summed E-state index contributed by atoms with van der Waals surface area (Å²) >= 11 is 2.13. The highest BCUT2D eigenvalue weighted by molar-refractivity contribution is 7.99. The molecule has 1 unspecified atom stereocenters. The molecule has 1 N–H and O–H groups in total. The topological polar surface area (TPSA) is 15.3 Å². The molecule has 0 amide bonds. The van der Waals surface area contributed by atoms with Crippen LogP contribution in [0.15, 0.2) is 0 Å². The van der Waals surface area contributed by atoms with Gasteiger partial charge in [-0.05, 0) is 45.0 Å². The molecule has 4 heteroatoms. The molecule has 2 aliphatic rings. The molecule has 90 valence electrons. The Kier molecular flexibility index (Phi) is 6.36. The number of hydrogen-bond donors (Lipinski definition) is 1. The Hall–Kier alpha value is 0.560. The normalized spacial score (nSPS) is 31.6. The van der Waals surface area contributed by atoms with E-state index in [-0.39, 0.29) is 12.4 Å². The lowest BCUT2D eigenvalue weighted by Crippen LogP contribution is -2.43. The molecule has 2 rings (SSSR count). The van der Waals surface area contributed by atoms with Crippen LogP contribution in [0.5, 0.6) is 0 Å². The predicted molar refractivity (Wildman–Crippen MR) is 71.2 cm³/mol. The van der Waals surface area contributed by atoms with Crippen molar-refractivity contribution in [2.75, 3.05) is 31.6 Å². The highest BCUT2D eigenvalue weighted by Gasteiger charge is 2.22. The first-order valence-electron chi connectivity index (χ1n) is 5.87. The SMILES string of the molecule is CN(C[C@@H]1CCCN1)C1CCCSC1.Cl. The van der Waals surface area contributed by atoms with Gasteiger partial charge in [0, 0.05) is 24.4 Å². The van der Waals surface area contributed by atoms with Crippen molar-refractivity contribution in [3.05, 3.63) is 0 Å². The van der Waals surface area contributed by atoms with E-state index in [0.29, 0.717) is 0 Å². The van der Waals surface area contributed by atoms with Gasteiger partial charge in [0.15, 0.2) is 0 Å². The third-order valence-electron chi connectivity index (χ3n) is 3.43. The Morgan fingerprint density at radius 1 is 1.33 bits per heavy atom. The summed E-state index contributed by atoms with van der Waals surface area (Å²) in [6.07, 6.45) is 5.58. The van der Waals surface area contributed by atoms with E-state index in [9.17, 15) is 0 Å². The monoisotopic (exact) mass is 250 g/mol. The van der Waals surface area contributed by atoms with Gasteiger partial charge in [0.1, 0.15) is 0 Å². The fourth-order valence-corrected chi connectivity index (χ4v) is 3.71. The Morgan fingerprint density at radius 2 is 2.20 bits per heavy atom. The number of halogens is 1. The van der Waals surface area contributed by atoms with Crippen LogP contribution in [-0.4, -0.2) is 48.6 Å². The summed E-state index contributed by atoms with van der Waals surface area (Å²) in [6, 6.07) is 1.61. The molecule has 2 aliphatic heterocycles. The number of thioether (sulfide) groups is 1. The fourth-order valence-electron chi connectivity index (χ4n) is 2.48. The van der Waals surface area contributed by atoms with Crippen molar-refractivity contribution in [1.82, 2.24) is 10.2 Å². The molecule has 15 heavy (non-hydrogen) atoms. The van der Waals surface area contributed by atoms with Crippen molar-refractivity contribution in [1.29, 1.82) is 0 Å². The van der Waals surface area contributed by atoms with E-state index in [1.165, 1.54) is 50.3 Å². The van der Waals surface area contributed by atoms with E-state index in [4.69, 9.17) is 0 Å².